The van der Waals surface area contributed by atoms with Crippen LogP contribution in [0.2, 0.25) is 0 Å². The van der Waals surface area contributed by atoms with Crippen LogP contribution in [0.1, 0.15) is 10.4 Å². The van der Waals surface area contributed by atoms with Crippen molar-refractivity contribution in [2.75, 3.05) is 0 Å². The Balaban J connectivity index is 1.64. The molecule has 32 heavy (non-hydrogen) atoms. The molecule has 0 aliphatic rings. The zero-order chi connectivity index (χ0) is 22.2. The summed E-state index contributed by atoms with van der Waals surface area (Å²) in [5.74, 6) is -0.187. The van der Waals surface area contributed by atoms with Gasteiger partial charge in [0.05, 0.1) is 5.56 Å². The van der Waals surface area contributed by atoms with E-state index < -0.39 is 5.97 Å². The van der Waals surface area contributed by atoms with Crippen molar-refractivity contribution in [2.24, 2.45) is 0 Å². The predicted octanol–water partition coefficient (Wildman–Crippen LogP) is 6.00. The minimum atomic E-state index is -0.649. The highest BCUT2D eigenvalue weighted by molar-refractivity contribution is 6.07. The SMILES string of the molecule is O=C(Oc1ccc(O)c2ccccc12)c1cc(O)ccc1-c1ccc(O)c2ccccc12. The average molecular weight is 422 g/mol. The standard InChI is InChI=1S/C27H18O5/c28-16-9-10-19(18-11-12-24(29)20-6-2-1-5-17(18)20)23(15-16)27(31)32-26-14-13-25(30)21-7-3-4-8-22(21)26/h1-15,28-30H. The molecule has 0 aliphatic carbocycles. The van der Waals surface area contributed by atoms with Crippen LogP contribution in [0.15, 0.2) is 91.0 Å². The summed E-state index contributed by atoms with van der Waals surface area (Å²) in [6.07, 6.45) is 0. The lowest BCUT2D eigenvalue weighted by Gasteiger charge is -2.14. The maximum absolute atomic E-state index is 13.2. The first kappa shape index (κ1) is 19.5. The molecule has 0 spiro atoms. The highest BCUT2D eigenvalue weighted by atomic mass is 16.5. The molecule has 0 saturated carbocycles. The molecule has 0 amide bonds. The maximum Gasteiger partial charge on any atom is 0.344 e. The lowest BCUT2D eigenvalue weighted by molar-refractivity contribution is 0.0737. The fraction of sp³-hybridized carbons (Fsp3) is 0. The number of hydrogen-bond donors (Lipinski definition) is 3. The van der Waals surface area contributed by atoms with Gasteiger partial charge in [-0.2, -0.15) is 0 Å². The van der Waals surface area contributed by atoms with Gasteiger partial charge in [0, 0.05) is 16.2 Å². The van der Waals surface area contributed by atoms with Gasteiger partial charge in [0.2, 0.25) is 0 Å². The molecule has 0 heterocycles. The molecular formula is C27H18O5. The summed E-state index contributed by atoms with van der Waals surface area (Å²) < 4.78 is 5.71. The van der Waals surface area contributed by atoms with E-state index in [1.54, 1.807) is 48.5 Å². The summed E-state index contributed by atoms with van der Waals surface area (Å²) >= 11 is 0. The van der Waals surface area contributed by atoms with Crippen molar-refractivity contribution < 1.29 is 24.9 Å². The Bertz CT molecular complexity index is 1500. The highest BCUT2D eigenvalue weighted by Crippen LogP contribution is 2.38. The summed E-state index contributed by atoms with van der Waals surface area (Å²) in [7, 11) is 0. The summed E-state index contributed by atoms with van der Waals surface area (Å²) in [4.78, 5) is 13.2. The number of fused-ring (bicyclic) bond motifs is 2. The molecule has 0 saturated heterocycles. The number of aromatic hydroxyl groups is 3. The zero-order valence-electron chi connectivity index (χ0n) is 16.8. The van der Waals surface area contributed by atoms with E-state index in [4.69, 9.17) is 4.74 Å². The van der Waals surface area contributed by atoms with E-state index in [0.717, 1.165) is 10.9 Å². The fourth-order valence-electron chi connectivity index (χ4n) is 3.95. The number of benzene rings is 5. The second kappa shape index (κ2) is 7.63. The zero-order valence-corrected chi connectivity index (χ0v) is 16.8. The smallest absolute Gasteiger partial charge is 0.344 e. The van der Waals surface area contributed by atoms with E-state index in [-0.39, 0.29) is 22.8 Å². The van der Waals surface area contributed by atoms with Crippen molar-refractivity contribution >= 4 is 27.5 Å². The Morgan fingerprint density at radius 3 is 1.88 bits per heavy atom. The summed E-state index contributed by atoms with van der Waals surface area (Å²) in [5, 5.41) is 33.0. The Labute approximate surface area is 183 Å². The number of phenolic OH excluding ortho intramolecular Hbond substituents is 3. The molecule has 0 unspecified atom stereocenters. The van der Waals surface area contributed by atoms with Crippen LogP contribution in [0.3, 0.4) is 0 Å². The third-order valence-electron chi connectivity index (χ3n) is 5.48. The largest absolute Gasteiger partial charge is 0.508 e. The minimum Gasteiger partial charge on any atom is -0.508 e. The van der Waals surface area contributed by atoms with Crippen molar-refractivity contribution in [2.45, 2.75) is 0 Å². The molecule has 5 rings (SSSR count). The van der Waals surface area contributed by atoms with Gasteiger partial charge in [0.15, 0.2) is 0 Å². The third kappa shape index (κ3) is 3.26. The van der Waals surface area contributed by atoms with Crippen molar-refractivity contribution in [3.05, 3.63) is 96.6 Å². The van der Waals surface area contributed by atoms with Gasteiger partial charge >= 0.3 is 5.97 Å². The molecule has 156 valence electrons. The number of rotatable bonds is 3. The highest BCUT2D eigenvalue weighted by Gasteiger charge is 2.19. The van der Waals surface area contributed by atoms with E-state index in [1.807, 2.05) is 18.2 Å². The maximum atomic E-state index is 13.2. The molecule has 0 fully saturated rings. The van der Waals surface area contributed by atoms with E-state index in [9.17, 15) is 20.1 Å². The number of phenols is 3. The van der Waals surface area contributed by atoms with Crippen molar-refractivity contribution in [1.29, 1.82) is 0 Å². The van der Waals surface area contributed by atoms with E-state index in [2.05, 4.69) is 0 Å². The lowest BCUT2D eigenvalue weighted by atomic mass is 9.94. The van der Waals surface area contributed by atoms with Gasteiger partial charge < -0.3 is 20.1 Å². The summed E-state index contributed by atoms with van der Waals surface area (Å²) in [6.45, 7) is 0. The normalized spacial score (nSPS) is 11.0. The Morgan fingerprint density at radius 1 is 0.594 bits per heavy atom. The molecule has 3 N–H and O–H groups in total. The van der Waals surface area contributed by atoms with E-state index >= 15 is 0 Å². The van der Waals surface area contributed by atoms with Crippen molar-refractivity contribution in [3.8, 4) is 34.1 Å². The minimum absolute atomic E-state index is 0.0700. The molecule has 0 atom stereocenters. The first-order chi connectivity index (χ1) is 15.5. The second-order valence-corrected chi connectivity index (χ2v) is 7.43. The van der Waals surface area contributed by atoms with Crippen LogP contribution in [0, 0.1) is 0 Å². The molecule has 5 heteroatoms. The summed E-state index contributed by atoms with van der Waals surface area (Å²) in [5.41, 5.74) is 1.46. The second-order valence-electron chi connectivity index (χ2n) is 7.43. The number of hydrogen-bond acceptors (Lipinski definition) is 5. The summed E-state index contributed by atoms with van der Waals surface area (Å²) in [6, 6.07) is 25.3. The van der Waals surface area contributed by atoms with Gasteiger partial charge in [-0.25, -0.2) is 4.79 Å². The molecule has 5 nitrogen and oxygen atoms in total. The average Bonchev–Trinajstić information content (AvgIpc) is 2.82. The van der Waals surface area contributed by atoms with Crippen LogP contribution in [-0.2, 0) is 0 Å². The van der Waals surface area contributed by atoms with Crippen LogP contribution >= 0.6 is 0 Å². The van der Waals surface area contributed by atoms with E-state index in [0.29, 0.717) is 27.5 Å². The van der Waals surface area contributed by atoms with Gasteiger partial charge in [-0.15, -0.1) is 0 Å². The van der Waals surface area contributed by atoms with Crippen LogP contribution in [0.5, 0.6) is 23.0 Å². The number of carbonyl (C=O) groups excluding carboxylic acids is 1. The fourth-order valence-corrected chi connectivity index (χ4v) is 3.95. The Hall–Kier alpha value is -4.51. The number of esters is 1. The molecule has 0 aromatic heterocycles. The first-order valence-corrected chi connectivity index (χ1v) is 10.00. The molecule has 0 bridgehead atoms. The van der Waals surface area contributed by atoms with E-state index in [1.165, 1.54) is 24.3 Å². The van der Waals surface area contributed by atoms with Gasteiger partial charge in [-0.3, -0.25) is 0 Å². The molecule has 0 radical (unpaired) electrons. The molecule has 5 aromatic rings. The van der Waals surface area contributed by atoms with Gasteiger partial charge in [-0.1, -0.05) is 54.6 Å². The van der Waals surface area contributed by atoms with Crippen molar-refractivity contribution in [1.82, 2.24) is 0 Å². The Morgan fingerprint density at radius 2 is 1.16 bits per heavy atom. The quantitative estimate of drug-likeness (QED) is 0.245. The monoisotopic (exact) mass is 422 g/mol. The van der Waals surface area contributed by atoms with Gasteiger partial charge in [-0.05, 0) is 52.9 Å². The predicted molar refractivity (Wildman–Crippen MR) is 123 cm³/mol. The molecular weight excluding hydrogens is 404 g/mol. The first-order valence-electron chi connectivity index (χ1n) is 10.00. The molecule has 0 aliphatic heterocycles. The van der Waals surface area contributed by atoms with Crippen LogP contribution < -0.4 is 4.74 Å². The Kier molecular flexibility index (Phi) is 4.64. The van der Waals surface area contributed by atoms with Crippen LogP contribution in [0.25, 0.3) is 32.7 Å². The lowest BCUT2D eigenvalue weighted by Crippen LogP contribution is -2.10. The van der Waals surface area contributed by atoms with Gasteiger partial charge in [0.1, 0.15) is 23.0 Å². The van der Waals surface area contributed by atoms with Crippen LogP contribution in [0.4, 0.5) is 0 Å². The van der Waals surface area contributed by atoms with Crippen molar-refractivity contribution in [3.63, 3.8) is 0 Å². The topological polar surface area (TPSA) is 87.0 Å². The number of ether oxygens (including phenoxy) is 1. The number of carbonyl (C=O) groups is 1. The van der Waals surface area contributed by atoms with Crippen LogP contribution in [-0.4, -0.2) is 21.3 Å². The third-order valence-corrected chi connectivity index (χ3v) is 5.48. The molecule has 5 aromatic carbocycles. The van der Waals surface area contributed by atoms with Gasteiger partial charge in [0.25, 0.3) is 0 Å².